The summed E-state index contributed by atoms with van der Waals surface area (Å²) in [6.07, 6.45) is 1.89. The van der Waals surface area contributed by atoms with Gasteiger partial charge in [-0.1, -0.05) is 0 Å². The molecule has 1 aliphatic rings. The molecule has 1 aromatic carbocycles. The van der Waals surface area contributed by atoms with E-state index in [9.17, 15) is 8.42 Å². The van der Waals surface area contributed by atoms with Crippen LogP contribution in [0.25, 0.3) is 0 Å². The second kappa shape index (κ2) is 6.11. The molecular weight excluding hydrogens is 278 g/mol. The fraction of sp³-hybridized carbons (Fsp3) is 0.571. The minimum atomic E-state index is -3.51. The quantitative estimate of drug-likeness (QED) is 0.900. The SMILES string of the molecule is COc1cc(C)c(S(=O)(=O)NC[C@H]2CCCO2)cc1C. The minimum absolute atomic E-state index is 0.00979. The van der Waals surface area contributed by atoms with E-state index in [2.05, 4.69) is 4.72 Å². The van der Waals surface area contributed by atoms with Gasteiger partial charge in [-0.3, -0.25) is 0 Å². The molecule has 0 unspecified atom stereocenters. The number of sulfonamides is 1. The molecule has 1 heterocycles. The standard InChI is InChI=1S/C14H21NO4S/c1-10-8-14(11(2)7-13(10)18-3)20(16,17)15-9-12-5-4-6-19-12/h7-8,12,15H,4-6,9H2,1-3H3/t12-/m1/s1. The van der Waals surface area contributed by atoms with Crippen LogP contribution in [0, 0.1) is 13.8 Å². The number of aryl methyl sites for hydroxylation is 2. The first-order valence-corrected chi connectivity index (χ1v) is 8.19. The highest BCUT2D eigenvalue weighted by Gasteiger charge is 2.22. The number of hydrogen-bond acceptors (Lipinski definition) is 4. The van der Waals surface area contributed by atoms with Gasteiger partial charge in [-0.2, -0.15) is 0 Å². The lowest BCUT2D eigenvalue weighted by molar-refractivity contribution is 0.114. The molecule has 1 atom stereocenters. The maximum absolute atomic E-state index is 12.4. The summed E-state index contributed by atoms with van der Waals surface area (Å²) in [6, 6.07) is 3.39. The topological polar surface area (TPSA) is 64.6 Å². The van der Waals surface area contributed by atoms with Crippen LogP contribution in [0.5, 0.6) is 5.75 Å². The molecule has 0 aromatic heterocycles. The van der Waals surface area contributed by atoms with E-state index in [4.69, 9.17) is 9.47 Å². The van der Waals surface area contributed by atoms with E-state index >= 15 is 0 Å². The number of rotatable bonds is 5. The highest BCUT2D eigenvalue weighted by molar-refractivity contribution is 7.89. The Balaban J connectivity index is 2.18. The molecule has 0 amide bonds. The third-order valence-electron chi connectivity index (χ3n) is 3.51. The summed E-state index contributed by atoms with van der Waals surface area (Å²) in [5.74, 6) is 0.695. The van der Waals surface area contributed by atoms with Crippen LogP contribution in [0.1, 0.15) is 24.0 Å². The third kappa shape index (κ3) is 3.31. The minimum Gasteiger partial charge on any atom is -0.496 e. The van der Waals surface area contributed by atoms with E-state index in [1.54, 1.807) is 26.2 Å². The zero-order chi connectivity index (χ0) is 14.8. The lowest BCUT2D eigenvalue weighted by Crippen LogP contribution is -2.32. The number of methoxy groups -OCH3 is 1. The van der Waals surface area contributed by atoms with Crippen molar-refractivity contribution in [2.45, 2.75) is 37.7 Å². The summed E-state index contributed by atoms with van der Waals surface area (Å²) in [4.78, 5) is 0.300. The molecular formula is C14H21NO4S. The maximum Gasteiger partial charge on any atom is 0.240 e. The molecule has 1 saturated heterocycles. The lowest BCUT2D eigenvalue weighted by atomic mass is 10.1. The van der Waals surface area contributed by atoms with Crippen molar-refractivity contribution in [1.29, 1.82) is 0 Å². The van der Waals surface area contributed by atoms with E-state index < -0.39 is 10.0 Å². The fourth-order valence-electron chi connectivity index (χ4n) is 2.36. The molecule has 1 fully saturated rings. The van der Waals surface area contributed by atoms with E-state index in [1.165, 1.54) is 0 Å². The Kier molecular flexibility index (Phi) is 4.67. The van der Waals surface area contributed by atoms with E-state index in [1.807, 2.05) is 6.92 Å². The van der Waals surface area contributed by atoms with Crippen LogP contribution in [-0.2, 0) is 14.8 Å². The molecule has 0 aliphatic carbocycles. The van der Waals surface area contributed by atoms with E-state index in [0.29, 0.717) is 29.4 Å². The Morgan fingerprint density at radius 1 is 1.35 bits per heavy atom. The molecule has 0 bridgehead atoms. The molecule has 2 rings (SSSR count). The lowest BCUT2D eigenvalue weighted by Gasteiger charge is -2.14. The molecule has 1 aromatic rings. The second-order valence-corrected chi connectivity index (χ2v) is 6.81. The molecule has 1 aliphatic heterocycles. The van der Waals surface area contributed by atoms with Crippen LogP contribution in [0.3, 0.4) is 0 Å². The van der Waals surface area contributed by atoms with Crippen LogP contribution < -0.4 is 9.46 Å². The van der Waals surface area contributed by atoms with Crippen LogP contribution in [0.2, 0.25) is 0 Å². The highest BCUT2D eigenvalue weighted by Crippen LogP contribution is 2.25. The van der Waals surface area contributed by atoms with E-state index in [-0.39, 0.29) is 6.10 Å². The number of benzene rings is 1. The second-order valence-electron chi connectivity index (χ2n) is 5.07. The molecule has 5 nitrogen and oxygen atoms in total. The average Bonchev–Trinajstić information content (AvgIpc) is 2.92. The van der Waals surface area contributed by atoms with Gasteiger partial charge in [0.05, 0.1) is 18.1 Å². The fourth-order valence-corrected chi connectivity index (χ4v) is 3.73. The Hall–Kier alpha value is -1.11. The molecule has 0 radical (unpaired) electrons. The zero-order valence-electron chi connectivity index (χ0n) is 12.1. The monoisotopic (exact) mass is 299 g/mol. The van der Waals surface area contributed by atoms with Crippen molar-refractivity contribution >= 4 is 10.0 Å². The van der Waals surface area contributed by atoms with Crippen LogP contribution in [0.15, 0.2) is 17.0 Å². The van der Waals surface area contributed by atoms with Crippen LogP contribution in [0.4, 0.5) is 0 Å². The van der Waals surface area contributed by atoms with Crippen molar-refractivity contribution in [3.8, 4) is 5.75 Å². The van der Waals surface area contributed by atoms with Crippen LogP contribution in [-0.4, -0.2) is 34.8 Å². The third-order valence-corrected chi connectivity index (χ3v) is 5.07. The molecule has 6 heteroatoms. The van der Waals surface area contributed by atoms with E-state index in [0.717, 1.165) is 18.4 Å². The van der Waals surface area contributed by atoms with Crippen molar-refractivity contribution < 1.29 is 17.9 Å². The van der Waals surface area contributed by atoms with Gasteiger partial charge >= 0.3 is 0 Å². The smallest absolute Gasteiger partial charge is 0.240 e. The van der Waals surface area contributed by atoms with Crippen molar-refractivity contribution in [3.63, 3.8) is 0 Å². The van der Waals surface area contributed by atoms with Crippen LogP contribution >= 0.6 is 0 Å². The van der Waals surface area contributed by atoms with Crippen molar-refractivity contribution in [1.82, 2.24) is 4.72 Å². The number of ether oxygens (including phenoxy) is 2. The Bertz CT molecular complexity index is 577. The van der Waals surface area contributed by atoms with Crippen molar-refractivity contribution in [2.75, 3.05) is 20.3 Å². The van der Waals surface area contributed by atoms with Crippen molar-refractivity contribution in [2.24, 2.45) is 0 Å². The summed E-state index contributed by atoms with van der Waals surface area (Å²) in [6.45, 7) is 4.64. The van der Waals surface area contributed by atoms with Gasteiger partial charge in [0, 0.05) is 13.2 Å². The van der Waals surface area contributed by atoms with Gasteiger partial charge in [-0.15, -0.1) is 0 Å². The summed E-state index contributed by atoms with van der Waals surface area (Å²) >= 11 is 0. The van der Waals surface area contributed by atoms with Gasteiger partial charge in [0.2, 0.25) is 10.0 Å². The van der Waals surface area contributed by atoms with Gasteiger partial charge in [0.25, 0.3) is 0 Å². The summed E-state index contributed by atoms with van der Waals surface area (Å²) in [5, 5.41) is 0. The van der Waals surface area contributed by atoms with Gasteiger partial charge in [-0.25, -0.2) is 13.1 Å². The predicted octanol–water partition coefficient (Wildman–Crippen LogP) is 1.77. The first-order valence-electron chi connectivity index (χ1n) is 6.70. The Morgan fingerprint density at radius 2 is 2.10 bits per heavy atom. The normalized spacial score (nSPS) is 19.2. The molecule has 1 N–H and O–H groups in total. The maximum atomic E-state index is 12.4. The first-order chi connectivity index (χ1) is 9.44. The Morgan fingerprint density at radius 3 is 2.70 bits per heavy atom. The summed E-state index contributed by atoms with van der Waals surface area (Å²) in [5.41, 5.74) is 1.47. The molecule has 0 spiro atoms. The van der Waals surface area contributed by atoms with Crippen molar-refractivity contribution in [3.05, 3.63) is 23.3 Å². The average molecular weight is 299 g/mol. The number of hydrogen-bond donors (Lipinski definition) is 1. The van der Waals surface area contributed by atoms with Gasteiger partial charge < -0.3 is 9.47 Å². The molecule has 20 heavy (non-hydrogen) atoms. The molecule has 0 saturated carbocycles. The highest BCUT2D eigenvalue weighted by atomic mass is 32.2. The van der Waals surface area contributed by atoms with Gasteiger partial charge in [-0.05, 0) is 49.9 Å². The predicted molar refractivity (Wildman–Crippen MR) is 76.6 cm³/mol. The van der Waals surface area contributed by atoms with Gasteiger partial charge in [0.1, 0.15) is 5.75 Å². The molecule has 112 valence electrons. The zero-order valence-corrected chi connectivity index (χ0v) is 12.9. The van der Waals surface area contributed by atoms with Gasteiger partial charge in [0.15, 0.2) is 0 Å². The summed E-state index contributed by atoms with van der Waals surface area (Å²) in [7, 11) is -1.94. The number of nitrogens with one attached hydrogen (secondary N) is 1. The largest absolute Gasteiger partial charge is 0.496 e. The Labute approximate surface area is 120 Å². The first kappa shape index (κ1) is 15.3. The summed E-state index contributed by atoms with van der Waals surface area (Å²) < 4.78 is 38.0.